The first kappa shape index (κ1) is 14.2. The number of hydrogen-bond acceptors (Lipinski definition) is 3. The third-order valence-corrected chi connectivity index (χ3v) is 3.45. The predicted molar refractivity (Wildman–Crippen MR) is 66.3 cm³/mol. The van der Waals surface area contributed by atoms with E-state index >= 15 is 0 Å². The van der Waals surface area contributed by atoms with Gasteiger partial charge in [0.15, 0.2) is 0 Å². The molecule has 1 heterocycles. The van der Waals surface area contributed by atoms with Gasteiger partial charge in [0.05, 0.1) is 6.26 Å². The molecule has 2 N–H and O–H groups in total. The van der Waals surface area contributed by atoms with Crippen LogP contribution < -0.4 is 10.0 Å². The van der Waals surface area contributed by atoms with Crippen molar-refractivity contribution in [2.24, 2.45) is 0 Å². The average Bonchev–Trinajstić information content (AvgIpc) is 2.24. The van der Waals surface area contributed by atoms with Crippen LogP contribution in [0.15, 0.2) is 0 Å². The van der Waals surface area contributed by atoms with Crippen molar-refractivity contribution in [3.05, 3.63) is 0 Å². The molecule has 1 aliphatic rings. The molecule has 0 spiro atoms. The second kappa shape index (κ2) is 6.20. The van der Waals surface area contributed by atoms with Crippen LogP contribution >= 0.6 is 0 Å². The van der Waals surface area contributed by atoms with Crippen molar-refractivity contribution in [2.45, 2.75) is 32.2 Å². The summed E-state index contributed by atoms with van der Waals surface area (Å²) < 4.78 is 24.7. The predicted octanol–water partition coefficient (Wildman–Crippen LogP) is 0.120. The lowest BCUT2D eigenvalue weighted by molar-refractivity contribution is 0.180. The largest absolute Gasteiger partial charge is 0.338 e. The van der Waals surface area contributed by atoms with Crippen molar-refractivity contribution in [3.8, 4) is 0 Å². The summed E-state index contributed by atoms with van der Waals surface area (Å²) in [5.74, 6) is 0. The fourth-order valence-electron chi connectivity index (χ4n) is 1.85. The molecular formula is C10H21N3O3S. The Balaban J connectivity index is 2.33. The lowest BCUT2D eigenvalue weighted by Gasteiger charge is -2.31. The van der Waals surface area contributed by atoms with Crippen molar-refractivity contribution in [1.29, 1.82) is 0 Å². The van der Waals surface area contributed by atoms with E-state index in [9.17, 15) is 13.2 Å². The van der Waals surface area contributed by atoms with Crippen LogP contribution in [0.1, 0.15) is 26.2 Å². The van der Waals surface area contributed by atoms with Gasteiger partial charge in [-0.15, -0.1) is 0 Å². The molecule has 0 atom stereocenters. The Morgan fingerprint density at radius 3 is 2.41 bits per heavy atom. The van der Waals surface area contributed by atoms with E-state index in [1.165, 1.54) is 0 Å². The molecule has 6 nitrogen and oxygen atoms in total. The highest BCUT2D eigenvalue weighted by molar-refractivity contribution is 7.88. The summed E-state index contributed by atoms with van der Waals surface area (Å²) >= 11 is 0. The first-order valence-corrected chi connectivity index (χ1v) is 7.81. The molecule has 0 aromatic rings. The molecule has 7 heteroatoms. The topological polar surface area (TPSA) is 78.5 Å². The minimum absolute atomic E-state index is 0.0415. The maximum absolute atomic E-state index is 11.6. The number of rotatable bonds is 4. The normalized spacial score (nSPS) is 18.1. The number of sulfonamides is 1. The molecule has 0 unspecified atom stereocenters. The molecule has 0 aromatic heterocycles. The molecule has 2 amide bonds. The molecule has 0 bridgehead atoms. The van der Waals surface area contributed by atoms with Gasteiger partial charge in [0, 0.05) is 25.7 Å². The van der Waals surface area contributed by atoms with Crippen LogP contribution in [-0.4, -0.2) is 51.3 Å². The van der Waals surface area contributed by atoms with E-state index < -0.39 is 10.0 Å². The number of urea groups is 1. The number of carbonyl (C=O) groups is 1. The molecule has 17 heavy (non-hydrogen) atoms. The maximum Gasteiger partial charge on any atom is 0.317 e. The van der Waals surface area contributed by atoms with Crippen LogP contribution in [0.25, 0.3) is 0 Å². The van der Waals surface area contributed by atoms with Crippen LogP contribution in [-0.2, 0) is 10.0 Å². The highest BCUT2D eigenvalue weighted by Crippen LogP contribution is 2.10. The van der Waals surface area contributed by atoms with Crippen molar-refractivity contribution in [2.75, 3.05) is 25.9 Å². The molecule has 1 fully saturated rings. The molecule has 0 saturated carbocycles. The molecule has 1 saturated heterocycles. The smallest absolute Gasteiger partial charge is 0.317 e. The van der Waals surface area contributed by atoms with Gasteiger partial charge in [-0.3, -0.25) is 0 Å². The van der Waals surface area contributed by atoms with Gasteiger partial charge >= 0.3 is 6.03 Å². The first-order chi connectivity index (χ1) is 7.92. The summed E-state index contributed by atoms with van der Waals surface area (Å²) in [5, 5.41) is 2.81. The van der Waals surface area contributed by atoms with Crippen LogP contribution in [0.4, 0.5) is 4.79 Å². The fraction of sp³-hybridized carbons (Fsp3) is 0.900. The Hall–Kier alpha value is -0.820. The van der Waals surface area contributed by atoms with Gasteiger partial charge in [0.25, 0.3) is 0 Å². The van der Waals surface area contributed by atoms with Crippen LogP contribution in [0.2, 0.25) is 0 Å². The number of amides is 2. The number of likely N-dealkylation sites (tertiary alicyclic amines) is 1. The van der Waals surface area contributed by atoms with Crippen molar-refractivity contribution in [3.63, 3.8) is 0 Å². The molecular weight excluding hydrogens is 242 g/mol. The maximum atomic E-state index is 11.6. The van der Waals surface area contributed by atoms with Gasteiger partial charge in [-0.05, 0) is 19.3 Å². The van der Waals surface area contributed by atoms with E-state index in [2.05, 4.69) is 10.0 Å². The Labute approximate surface area is 103 Å². The summed E-state index contributed by atoms with van der Waals surface area (Å²) in [4.78, 5) is 13.4. The van der Waals surface area contributed by atoms with Gasteiger partial charge < -0.3 is 10.2 Å². The van der Waals surface area contributed by atoms with Crippen molar-refractivity contribution < 1.29 is 13.2 Å². The zero-order valence-electron chi connectivity index (χ0n) is 10.4. The van der Waals surface area contributed by atoms with Gasteiger partial charge in [-0.25, -0.2) is 17.9 Å². The Bertz CT molecular complexity index is 348. The fourth-order valence-corrected chi connectivity index (χ4v) is 2.69. The quantitative estimate of drug-likeness (QED) is 0.756. The Morgan fingerprint density at radius 2 is 1.94 bits per heavy atom. The van der Waals surface area contributed by atoms with E-state index in [4.69, 9.17) is 0 Å². The molecule has 1 rings (SSSR count). The Kier molecular flexibility index (Phi) is 5.20. The molecule has 0 radical (unpaired) electrons. The number of carbonyl (C=O) groups excluding carboxylic acids is 1. The summed E-state index contributed by atoms with van der Waals surface area (Å²) in [6, 6.07) is -0.0927. The third kappa shape index (κ3) is 5.36. The third-order valence-electron chi connectivity index (χ3n) is 2.69. The minimum Gasteiger partial charge on any atom is -0.338 e. The monoisotopic (exact) mass is 263 g/mol. The molecule has 0 aromatic carbocycles. The van der Waals surface area contributed by atoms with Gasteiger partial charge in [-0.2, -0.15) is 0 Å². The summed E-state index contributed by atoms with van der Waals surface area (Å²) in [6.07, 6.45) is 3.42. The van der Waals surface area contributed by atoms with E-state index in [1.54, 1.807) is 4.90 Å². The zero-order valence-corrected chi connectivity index (χ0v) is 11.2. The van der Waals surface area contributed by atoms with Gasteiger partial charge in [-0.1, -0.05) is 6.92 Å². The van der Waals surface area contributed by atoms with Crippen LogP contribution in [0, 0.1) is 0 Å². The van der Waals surface area contributed by atoms with Crippen LogP contribution in [0.5, 0.6) is 0 Å². The lowest BCUT2D eigenvalue weighted by Crippen LogP contribution is -2.49. The van der Waals surface area contributed by atoms with E-state index in [-0.39, 0.29) is 12.1 Å². The van der Waals surface area contributed by atoms with Gasteiger partial charge in [0.2, 0.25) is 10.0 Å². The summed E-state index contributed by atoms with van der Waals surface area (Å²) in [7, 11) is -3.14. The standard InChI is InChI=1S/C10H21N3O3S/c1-3-6-11-10(14)13-7-4-9(5-8-13)12-17(2,15)16/h9,12H,3-8H2,1-2H3,(H,11,14). The number of hydrogen-bond donors (Lipinski definition) is 2. The zero-order chi connectivity index (χ0) is 12.9. The van der Waals surface area contributed by atoms with E-state index in [0.717, 1.165) is 12.7 Å². The Morgan fingerprint density at radius 1 is 1.35 bits per heavy atom. The van der Waals surface area contributed by atoms with E-state index in [0.29, 0.717) is 32.5 Å². The first-order valence-electron chi connectivity index (χ1n) is 5.92. The minimum atomic E-state index is -3.14. The average molecular weight is 263 g/mol. The van der Waals surface area contributed by atoms with Crippen LogP contribution in [0.3, 0.4) is 0 Å². The SMILES string of the molecule is CCCNC(=O)N1CCC(NS(C)(=O)=O)CC1. The highest BCUT2D eigenvalue weighted by atomic mass is 32.2. The molecule has 100 valence electrons. The number of nitrogens with zero attached hydrogens (tertiary/aromatic N) is 1. The van der Waals surface area contributed by atoms with Gasteiger partial charge in [0.1, 0.15) is 0 Å². The lowest BCUT2D eigenvalue weighted by atomic mass is 10.1. The number of piperidine rings is 1. The summed E-state index contributed by atoms with van der Waals surface area (Å²) in [5.41, 5.74) is 0. The molecule has 0 aliphatic carbocycles. The number of nitrogens with one attached hydrogen (secondary N) is 2. The van der Waals surface area contributed by atoms with Crippen molar-refractivity contribution >= 4 is 16.1 Å². The van der Waals surface area contributed by atoms with E-state index in [1.807, 2.05) is 6.92 Å². The van der Waals surface area contributed by atoms with Crippen molar-refractivity contribution in [1.82, 2.24) is 14.9 Å². The molecule has 1 aliphatic heterocycles. The summed E-state index contributed by atoms with van der Waals surface area (Å²) in [6.45, 7) is 3.88. The second-order valence-electron chi connectivity index (χ2n) is 4.38. The second-order valence-corrected chi connectivity index (χ2v) is 6.16. The highest BCUT2D eigenvalue weighted by Gasteiger charge is 2.24.